The van der Waals surface area contributed by atoms with Gasteiger partial charge in [0.15, 0.2) is 0 Å². The molecule has 6 heteroatoms. The number of amides is 3. The van der Waals surface area contributed by atoms with Crippen molar-refractivity contribution in [1.82, 2.24) is 10.2 Å². The third-order valence-corrected chi connectivity index (χ3v) is 3.82. The lowest BCUT2D eigenvalue weighted by molar-refractivity contribution is -0.121. The second-order valence-corrected chi connectivity index (χ2v) is 5.62. The molecule has 1 aliphatic rings. The first-order valence-electron chi connectivity index (χ1n) is 7.44. The van der Waals surface area contributed by atoms with Gasteiger partial charge in [-0.3, -0.25) is 19.3 Å². The molecule has 3 rings (SSSR count). The molecule has 0 fully saturated rings. The summed E-state index contributed by atoms with van der Waals surface area (Å²) in [6.07, 6.45) is 0. The van der Waals surface area contributed by atoms with Crippen molar-refractivity contribution in [3.63, 3.8) is 0 Å². The Morgan fingerprint density at radius 2 is 1.88 bits per heavy atom. The van der Waals surface area contributed by atoms with Crippen molar-refractivity contribution in [3.05, 3.63) is 70.5 Å². The zero-order chi connectivity index (χ0) is 17.3. The Bertz CT molecular complexity index is 848. The number of rotatable bonds is 4. The largest absolute Gasteiger partial charge is 0.350 e. The lowest BCUT2D eigenvalue weighted by atomic mass is 10.1. The molecule has 122 valence electrons. The second-order valence-electron chi connectivity index (χ2n) is 5.62. The van der Waals surface area contributed by atoms with Crippen LogP contribution in [0.15, 0.2) is 42.5 Å². The predicted octanol–water partition coefficient (Wildman–Crippen LogP) is 2.05. The molecule has 1 N–H and O–H groups in total. The van der Waals surface area contributed by atoms with Gasteiger partial charge in [0.2, 0.25) is 5.91 Å². The summed E-state index contributed by atoms with van der Waals surface area (Å²) in [7, 11) is 0. The molecule has 5 nitrogen and oxygen atoms in total. The molecule has 2 aromatic carbocycles. The standard InChI is InChI=1S/C18H15FN2O3/c1-11-4-2-5-12(8-11)9-20-15(22)10-21-17(23)13-6-3-7-14(19)16(13)18(21)24/h2-8H,9-10H2,1H3,(H,20,22). The number of hydrogen-bond acceptors (Lipinski definition) is 3. The fourth-order valence-electron chi connectivity index (χ4n) is 2.66. The smallest absolute Gasteiger partial charge is 0.265 e. The van der Waals surface area contributed by atoms with Gasteiger partial charge in [-0.05, 0) is 24.6 Å². The van der Waals surface area contributed by atoms with Gasteiger partial charge < -0.3 is 5.32 Å². The molecule has 3 amide bonds. The fraction of sp³-hybridized carbons (Fsp3) is 0.167. The van der Waals surface area contributed by atoms with E-state index in [9.17, 15) is 18.8 Å². The van der Waals surface area contributed by atoms with Crippen molar-refractivity contribution in [2.45, 2.75) is 13.5 Å². The summed E-state index contributed by atoms with van der Waals surface area (Å²) in [5, 5.41) is 2.66. The van der Waals surface area contributed by atoms with Gasteiger partial charge in [0, 0.05) is 6.54 Å². The van der Waals surface area contributed by atoms with Crippen LogP contribution in [0.1, 0.15) is 31.8 Å². The molecular weight excluding hydrogens is 311 g/mol. The minimum absolute atomic E-state index is 0.00789. The molecule has 24 heavy (non-hydrogen) atoms. The van der Waals surface area contributed by atoms with E-state index in [1.807, 2.05) is 31.2 Å². The van der Waals surface area contributed by atoms with Crippen LogP contribution in [0.25, 0.3) is 0 Å². The predicted molar refractivity (Wildman–Crippen MR) is 84.8 cm³/mol. The Kier molecular flexibility index (Phi) is 4.12. The lowest BCUT2D eigenvalue weighted by Crippen LogP contribution is -2.40. The monoisotopic (exact) mass is 326 g/mol. The maximum atomic E-state index is 13.7. The molecule has 0 aromatic heterocycles. The maximum absolute atomic E-state index is 13.7. The van der Waals surface area contributed by atoms with Crippen LogP contribution in [0.2, 0.25) is 0 Å². The molecule has 1 aliphatic heterocycles. The minimum atomic E-state index is -0.779. The average Bonchev–Trinajstić information content (AvgIpc) is 2.79. The van der Waals surface area contributed by atoms with Crippen molar-refractivity contribution < 1.29 is 18.8 Å². The summed E-state index contributed by atoms with van der Waals surface area (Å²) in [4.78, 5) is 37.1. The van der Waals surface area contributed by atoms with Crippen molar-refractivity contribution >= 4 is 17.7 Å². The molecule has 0 saturated heterocycles. The molecule has 1 heterocycles. The Labute approximate surface area is 138 Å². The Morgan fingerprint density at radius 1 is 1.12 bits per heavy atom. The fourth-order valence-corrected chi connectivity index (χ4v) is 2.66. The van der Waals surface area contributed by atoms with E-state index in [4.69, 9.17) is 0 Å². The molecule has 0 bridgehead atoms. The van der Waals surface area contributed by atoms with Crippen LogP contribution in [0.4, 0.5) is 4.39 Å². The molecular formula is C18H15FN2O3. The first-order valence-corrected chi connectivity index (χ1v) is 7.44. The lowest BCUT2D eigenvalue weighted by Gasteiger charge is -2.13. The number of nitrogens with one attached hydrogen (secondary N) is 1. The summed E-state index contributed by atoms with van der Waals surface area (Å²) in [5.74, 6) is -2.67. The number of benzene rings is 2. The van der Waals surface area contributed by atoms with Crippen LogP contribution in [0.3, 0.4) is 0 Å². The van der Waals surface area contributed by atoms with Crippen LogP contribution in [-0.4, -0.2) is 29.2 Å². The van der Waals surface area contributed by atoms with E-state index in [0.717, 1.165) is 22.1 Å². The molecule has 0 unspecified atom stereocenters. The first kappa shape index (κ1) is 15.9. The number of carbonyl (C=O) groups is 3. The SMILES string of the molecule is Cc1cccc(CNC(=O)CN2C(=O)c3cccc(F)c3C2=O)c1. The van der Waals surface area contributed by atoms with Crippen LogP contribution in [-0.2, 0) is 11.3 Å². The zero-order valence-corrected chi connectivity index (χ0v) is 13.0. The summed E-state index contributed by atoms with van der Waals surface area (Å²) in [6.45, 7) is 1.80. The van der Waals surface area contributed by atoms with Crippen molar-refractivity contribution in [2.75, 3.05) is 6.54 Å². The van der Waals surface area contributed by atoms with E-state index in [1.54, 1.807) is 0 Å². The number of hydrogen-bond donors (Lipinski definition) is 1. The van der Waals surface area contributed by atoms with E-state index in [0.29, 0.717) is 0 Å². The molecule has 0 saturated carbocycles. The highest BCUT2D eigenvalue weighted by atomic mass is 19.1. The topological polar surface area (TPSA) is 66.5 Å². The molecule has 0 radical (unpaired) electrons. The third-order valence-electron chi connectivity index (χ3n) is 3.82. The second kappa shape index (κ2) is 6.23. The summed E-state index contributed by atoms with van der Waals surface area (Å²) in [6, 6.07) is 11.5. The van der Waals surface area contributed by atoms with Gasteiger partial charge in [-0.25, -0.2) is 4.39 Å². The normalized spacial score (nSPS) is 13.2. The van der Waals surface area contributed by atoms with Crippen LogP contribution in [0, 0.1) is 12.7 Å². The van der Waals surface area contributed by atoms with Gasteiger partial charge >= 0.3 is 0 Å². The highest BCUT2D eigenvalue weighted by Crippen LogP contribution is 2.24. The van der Waals surface area contributed by atoms with Gasteiger partial charge in [0.05, 0.1) is 11.1 Å². The van der Waals surface area contributed by atoms with Gasteiger partial charge in [-0.1, -0.05) is 35.9 Å². The minimum Gasteiger partial charge on any atom is -0.350 e. The number of imide groups is 1. The van der Waals surface area contributed by atoms with Crippen molar-refractivity contribution in [1.29, 1.82) is 0 Å². The number of carbonyl (C=O) groups excluding carboxylic acids is 3. The Hall–Kier alpha value is -3.02. The molecule has 0 atom stereocenters. The van der Waals surface area contributed by atoms with Crippen molar-refractivity contribution in [2.24, 2.45) is 0 Å². The number of fused-ring (bicyclic) bond motifs is 1. The summed E-state index contributed by atoms with van der Waals surface area (Å²) in [5.41, 5.74) is 1.70. The zero-order valence-electron chi connectivity index (χ0n) is 13.0. The number of aryl methyl sites for hydroxylation is 1. The highest BCUT2D eigenvalue weighted by Gasteiger charge is 2.38. The average molecular weight is 326 g/mol. The molecule has 0 spiro atoms. The summed E-state index contributed by atoms with van der Waals surface area (Å²) >= 11 is 0. The maximum Gasteiger partial charge on any atom is 0.265 e. The quantitative estimate of drug-likeness (QED) is 0.875. The van der Waals surface area contributed by atoms with Crippen LogP contribution < -0.4 is 5.32 Å². The van der Waals surface area contributed by atoms with Gasteiger partial charge in [0.1, 0.15) is 12.4 Å². The van der Waals surface area contributed by atoms with Gasteiger partial charge in [0.25, 0.3) is 11.8 Å². The van der Waals surface area contributed by atoms with E-state index in [-0.39, 0.29) is 17.7 Å². The number of halogens is 1. The van der Waals surface area contributed by atoms with E-state index in [1.165, 1.54) is 12.1 Å². The van der Waals surface area contributed by atoms with Gasteiger partial charge in [-0.15, -0.1) is 0 Å². The molecule has 2 aromatic rings. The van der Waals surface area contributed by atoms with Gasteiger partial charge in [-0.2, -0.15) is 0 Å². The highest BCUT2D eigenvalue weighted by molar-refractivity contribution is 6.22. The van der Waals surface area contributed by atoms with E-state index >= 15 is 0 Å². The molecule has 0 aliphatic carbocycles. The third kappa shape index (κ3) is 2.90. The number of nitrogens with zero attached hydrogens (tertiary/aromatic N) is 1. The first-order chi connectivity index (χ1) is 11.5. The summed E-state index contributed by atoms with van der Waals surface area (Å²) < 4.78 is 13.7. The van der Waals surface area contributed by atoms with Crippen LogP contribution >= 0.6 is 0 Å². The van der Waals surface area contributed by atoms with E-state index in [2.05, 4.69) is 5.32 Å². The Balaban J connectivity index is 1.66. The van der Waals surface area contributed by atoms with E-state index < -0.39 is 30.1 Å². The Morgan fingerprint density at radius 3 is 2.58 bits per heavy atom. The van der Waals surface area contributed by atoms with Crippen LogP contribution in [0.5, 0.6) is 0 Å². The van der Waals surface area contributed by atoms with Crippen molar-refractivity contribution in [3.8, 4) is 0 Å².